The van der Waals surface area contributed by atoms with Crippen molar-refractivity contribution in [2.75, 3.05) is 38.7 Å². The standard InChI is InChI=1S/C25H31Cl2N5O4/c1-14-20(15(2)36-32-14)22-21(27)24(31-25(3)7-9-34-10-8-25)30-23(29-22)18-11-17(5-6-19(18)26)35-13-16(33)12-28-4/h5-6,11,16,28,33H,7-10,12-13H2,1-4H3,(H,29,30,31). The summed E-state index contributed by atoms with van der Waals surface area (Å²) in [4.78, 5) is 9.60. The second kappa shape index (κ2) is 11.3. The normalized spacial score (nSPS) is 16.1. The van der Waals surface area contributed by atoms with Gasteiger partial charge in [0.2, 0.25) is 0 Å². The summed E-state index contributed by atoms with van der Waals surface area (Å²) in [5.41, 5.74) is 2.21. The number of nitrogens with one attached hydrogen (secondary N) is 2. The maximum atomic E-state index is 10.0. The van der Waals surface area contributed by atoms with E-state index >= 15 is 0 Å². The first-order chi connectivity index (χ1) is 17.2. The molecule has 1 aromatic carbocycles. The Morgan fingerprint density at radius 2 is 1.94 bits per heavy atom. The third-order valence-electron chi connectivity index (χ3n) is 6.20. The van der Waals surface area contributed by atoms with E-state index in [1.54, 1.807) is 25.2 Å². The van der Waals surface area contributed by atoms with Gasteiger partial charge in [-0.2, -0.15) is 0 Å². The Hall–Kier alpha value is -2.43. The van der Waals surface area contributed by atoms with Crippen molar-refractivity contribution in [2.45, 2.75) is 45.3 Å². The van der Waals surface area contributed by atoms with E-state index in [0.29, 0.717) is 75.5 Å². The predicted molar refractivity (Wildman–Crippen MR) is 140 cm³/mol. The van der Waals surface area contributed by atoms with Crippen LogP contribution in [0.1, 0.15) is 31.2 Å². The number of benzene rings is 1. The number of halogens is 2. The van der Waals surface area contributed by atoms with Crippen LogP contribution in [0, 0.1) is 13.8 Å². The Labute approximate surface area is 220 Å². The highest BCUT2D eigenvalue weighted by atomic mass is 35.5. The lowest BCUT2D eigenvalue weighted by Crippen LogP contribution is -2.41. The van der Waals surface area contributed by atoms with Gasteiger partial charge in [0.25, 0.3) is 0 Å². The maximum Gasteiger partial charge on any atom is 0.163 e. The Morgan fingerprint density at radius 3 is 2.61 bits per heavy atom. The van der Waals surface area contributed by atoms with Crippen molar-refractivity contribution >= 4 is 29.0 Å². The first-order valence-corrected chi connectivity index (χ1v) is 12.6. The molecule has 194 valence electrons. The smallest absolute Gasteiger partial charge is 0.163 e. The number of hydrogen-bond acceptors (Lipinski definition) is 9. The van der Waals surface area contributed by atoms with Crippen LogP contribution in [0.5, 0.6) is 5.75 Å². The van der Waals surface area contributed by atoms with Crippen LogP contribution in [-0.2, 0) is 4.74 Å². The fourth-order valence-corrected chi connectivity index (χ4v) is 4.55. The molecule has 11 heteroatoms. The van der Waals surface area contributed by atoms with Crippen molar-refractivity contribution < 1.29 is 19.1 Å². The Balaban J connectivity index is 1.79. The molecule has 0 aliphatic carbocycles. The van der Waals surface area contributed by atoms with Gasteiger partial charge in [-0.05, 0) is 58.9 Å². The van der Waals surface area contributed by atoms with Crippen LogP contribution in [-0.4, -0.2) is 65.3 Å². The summed E-state index contributed by atoms with van der Waals surface area (Å²) in [6.07, 6.45) is 0.966. The van der Waals surface area contributed by atoms with Crippen molar-refractivity contribution in [3.63, 3.8) is 0 Å². The number of nitrogens with zero attached hydrogens (tertiary/aromatic N) is 3. The van der Waals surface area contributed by atoms with E-state index in [9.17, 15) is 5.11 Å². The Kier molecular flexibility index (Phi) is 8.37. The molecule has 3 heterocycles. The Morgan fingerprint density at radius 1 is 1.19 bits per heavy atom. The minimum atomic E-state index is -0.650. The monoisotopic (exact) mass is 535 g/mol. The molecular weight excluding hydrogens is 505 g/mol. The van der Waals surface area contributed by atoms with Gasteiger partial charge < -0.3 is 29.7 Å². The lowest BCUT2D eigenvalue weighted by atomic mass is 9.92. The van der Waals surface area contributed by atoms with E-state index < -0.39 is 6.10 Å². The number of aliphatic hydroxyl groups is 1. The molecule has 1 aliphatic heterocycles. The highest BCUT2D eigenvalue weighted by Crippen LogP contribution is 2.40. The molecule has 3 aromatic rings. The van der Waals surface area contributed by atoms with Gasteiger partial charge >= 0.3 is 0 Å². The summed E-state index contributed by atoms with van der Waals surface area (Å²) in [6, 6.07) is 5.22. The molecular formula is C25H31Cl2N5O4. The third-order valence-corrected chi connectivity index (χ3v) is 6.89. The van der Waals surface area contributed by atoms with Crippen LogP contribution in [0.15, 0.2) is 22.7 Å². The SMILES string of the molecule is CNCC(O)COc1ccc(Cl)c(-c2nc(NC3(C)CCOCC3)c(Cl)c(-c3c(C)noc3C)n2)c1. The fourth-order valence-electron chi connectivity index (χ4n) is 4.12. The fraction of sp³-hybridized carbons (Fsp3) is 0.480. The molecule has 1 atom stereocenters. The second-order valence-corrected chi connectivity index (χ2v) is 10.0. The molecule has 1 unspecified atom stereocenters. The minimum absolute atomic E-state index is 0.126. The zero-order chi connectivity index (χ0) is 25.9. The van der Waals surface area contributed by atoms with E-state index in [1.807, 2.05) is 13.8 Å². The van der Waals surface area contributed by atoms with Crippen molar-refractivity contribution in [1.82, 2.24) is 20.4 Å². The van der Waals surface area contributed by atoms with Crippen LogP contribution in [0.25, 0.3) is 22.6 Å². The lowest BCUT2D eigenvalue weighted by molar-refractivity contribution is 0.0657. The van der Waals surface area contributed by atoms with E-state index in [-0.39, 0.29) is 12.1 Å². The van der Waals surface area contributed by atoms with Gasteiger partial charge in [-0.1, -0.05) is 28.4 Å². The summed E-state index contributed by atoms with van der Waals surface area (Å²) < 4.78 is 16.7. The van der Waals surface area contributed by atoms with Crippen molar-refractivity contribution in [3.05, 3.63) is 39.7 Å². The molecule has 36 heavy (non-hydrogen) atoms. The topological polar surface area (TPSA) is 115 Å². The zero-order valence-corrected chi connectivity index (χ0v) is 22.3. The Bertz CT molecular complexity index is 1190. The predicted octanol–water partition coefficient (Wildman–Crippen LogP) is 4.66. The van der Waals surface area contributed by atoms with Crippen LogP contribution in [0.4, 0.5) is 5.82 Å². The number of aliphatic hydroxyl groups excluding tert-OH is 1. The number of rotatable bonds is 9. The molecule has 9 nitrogen and oxygen atoms in total. The second-order valence-electron chi connectivity index (χ2n) is 9.22. The van der Waals surface area contributed by atoms with Gasteiger partial charge in [0.1, 0.15) is 40.8 Å². The first kappa shape index (κ1) is 26.6. The van der Waals surface area contributed by atoms with Crippen LogP contribution >= 0.6 is 23.2 Å². The number of ether oxygens (including phenoxy) is 2. The number of anilines is 1. The number of aromatic nitrogens is 3. The van der Waals surface area contributed by atoms with Crippen LogP contribution in [0.3, 0.4) is 0 Å². The van der Waals surface area contributed by atoms with E-state index in [2.05, 4.69) is 22.7 Å². The van der Waals surface area contributed by atoms with Crippen molar-refractivity contribution in [2.24, 2.45) is 0 Å². The zero-order valence-electron chi connectivity index (χ0n) is 20.8. The quantitative estimate of drug-likeness (QED) is 0.359. The van der Waals surface area contributed by atoms with Crippen molar-refractivity contribution in [3.8, 4) is 28.4 Å². The summed E-state index contributed by atoms with van der Waals surface area (Å²) in [6.45, 7) is 7.64. The van der Waals surface area contributed by atoms with E-state index in [0.717, 1.165) is 12.8 Å². The van der Waals surface area contributed by atoms with E-state index in [4.69, 9.17) is 47.2 Å². The summed E-state index contributed by atoms with van der Waals surface area (Å²) in [5.74, 6) is 2.00. The molecule has 4 rings (SSSR count). The van der Waals surface area contributed by atoms with Crippen LogP contribution < -0.4 is 15.4 Å². The van der Waals surface area contributed by atoms with Crippen molar-refractivity contribution in [1.29, 1.82) is 0 Å². The van der Waals surface area contributed by atoms with Gasteiger partial charge in [-0.15, -0.1) is 0 Å². The number of aryl methyl sites for hydroxylation is 2. The van der Waals surface area contributed by atoms with Gasteiger partial charge in [-0.3, -0.25) is 0 Å². The first-order valence-electron chi connectivity index (χ1n) is 11.8. The number of likely N-dealkylation sites (N-methyl/N-ethyl adjacent to an activating group) is 1. The molecule has 0 radical (unpaired) electrons. The molecule has 3 N–H and O–H groups in total. The summed E-state index contributed by atoms with van der Waals surface area (Å²) in [5, 5.41) is 21.4. The van der Waals surface area contributed by atoms with Crippen LogP contribution in [0.2, 0.25) is 10.0 Å². The minimum Gasteiger partial charge on any atom is -0.491 e. The van der Waals surface area contributed by atoms with E-state index in [1.165, 1.54) is 0 Å². The molecule has 1 saturated heterocycles. The third kappa shape index (κ3) is 5.92. The van der Waals surface area contributed by atoms with Gasteiger partial charge in [-0.25, -0.2) is 9.97 Å². The largest absolute Gasteiger partial charge is 0.491 e. The van der Waals surface area contributed by atoms with Gasteiger partial charge in [0, 0.05) is 30.9 Å². The molecule has 0 bridgehead atoms. The highest BCUT2D eigenvalue weighted by molar-refractivity contribution is 6.35. The summed E-state index contributed by atoms with van der Waals surface area (Å²) in [7, 11) is 1.77. The average molecular weight is 536 g/mol. The number of hydrogen-bond donors (Lipinski definition) is 3. The van der Waals surface area contributed by atoms with Gasteiger partial charge in [0.15, 0.2) is 5.82 Å². The lowest BCUT2D eigenvalue weighted by Gasteiger charge is -2.35. The maximum absolute atomic E-state index is 10.0. The van der Waals surface area contributed by atoms with Gasteiger partial charge in [0.05, 0.1) is 16.3 Å². The summed E-state index contributed by atoms with van der Waals surface area (Å²) >= 11 is 13.5. The molecule has 1 fully saturated rings. The average Bonchev–Trinajstić information content (AvgIpc) is 3.18. The highest BCUT2D eigenvalue weighted by Gasteiger charge is 2.30. The molecule has 0 spiro atoms. The molecule has 1 aliphatic rings. The molecule has 0 saturated carbocycles. The molecule has 2 aromatic heterocycles. The molecule has 0 amide bonds.